The van der Waals surface area contributed by atoms with E-state index in [4.69, 9.17) is 37.4 Å². The predicted octanol–water partition coefficient (Wildman–Crippen LogP) is -2.32. The van der Waals surface area contributed by atoms with E-state index in [0.717, 1.165) is 4.59 Å². The van der Waals surface area contributed by atoms with Crippen LogP contribution >= 0.6 is 0 Å². The molecule has 0 saturated heterocycles. The van der Waals surface area contributed by atoms with Crippen LogP contribution in [0.15, 0.2) is 18.5 Å². The second-order valence-electron chi connectivity index (χ2n) is 4.86. The molecule has 3 rings (SSSR count). The Morgan fingerprint density at radius 3 is 2.71 bits per heavy atom. The fourth-order valence-electron chi connectivity index (χ4n) is 2.23. The van der Waals surface area contributed by atoms with Crippen LogP contribution in [0.2, 0.25) is 0 Å². The minimum absolute atomic E-state index is 0.120. The van der Waals surface area contributed by atoms with Gasteiger partial charge in [-0.15, -0.1) is 0 Å². The number of amides is 1. The van der Waals surface area contributed by atoms with Gasteiger partial charge in [-0.1, -0.05) is 0 Å². The van der Waals surface area contributed by atoms with Gasteiger partial charge in [-0.3, -0.25) is 4.79 Å². The number of nitrogens with zero attached hydrogens (tertiary/aromatic N) is 4. The van der Waals surface area contributed by atoms with Gasteiger partial charge in [-0.2, -0.15) is 5.10 Å². The smallest absolute Gasteiger partial charge is 0.265 e. The Labute approximate surface area is 142 Å². The molecule has 0 unspecified atom stereocenters. The van der Waals surface area contributed by atoms with Gasteiger partial charge in [0.25, 0.3) is 13.9 Å². The lowest BCUT2D eigenvalue weighted by Crippen LogP contribution is -2.24. The Kier molecular flexibility index (Phi) is 3.96. The zero-order valence-electron chi connectivity index (χ0n) is 12.3. The molecule has 3 aromatic rings. The molecule has 3 aromatic heterocycles. The number of pyridine rings is 2. The van der Waals surface area contributed by atoms with Gasteiger partial charge < -0.3 is 20.9 Å². The van der Waals surface area contributed by atoms with Gasteiger partial charge in [0, 0.05) is 28.8 Å². The zero-order valence-corrected chi connectivity index (χ0v) is 12.3. The first-order valence-corrected chi connectivity index (χ1v) is 6.63. The molecule has 0 atom stereocenters. The van der Waals surface area contributed by atoms with Crippen LogP contribution in [0.25, 0.3) is 10.9 Å². The summed E-state index contributed by atoms with van der Waals surface area (Å²) in [6.45, 7) is 0. The number of primary amides is 1. The molecule has 0 aliphatic carbocycles. The van der Waals surface area contributed by atoms with E-state index in [1.165, 1.54) is 18.5 Å². The Balaban J connectivity index is 2.15. The molecule has 4 N–H and O–H groups in total. The number of fused-ring (bicyclic) bond motifs is 1. The van der Waals surface area contributed by atoms with Crippen LogP contribution in [0.1, 0.15) is 10.4 Å². The summed E-state index contributed by atoms with van der Waals surface area (Å²) >= 11 is 0. The summed E-state index contributed by atoms with van der Waals surface area (Å²) in [4.78, 5) is 19.7. The average molecular weight is 308 g/mol. The van der Waals surface area contributed by atoms with Gasteiger partial charge in [0.1, 0.15) is 27.3 Å². The quantitative estimate of drug-likeness (QED) is 0.467. The minimum Gasteiger partial charge on any atom is -0.423 e. The van der Waals surface area contributed by atoms with Crippen molar-refractivity contribution in [2.75, 3.05) is 10.5 Å². The van der Waals surface area contributed by atoms with Crippen molar-refractivity contribution >= 4 is 76.8 Å². The SMILES string of the molecule is [B]Nc1cc(Nc2nc([B])c3cnn([B])c3c2[B])c(C(N)=O)cn1. The first-order valence-electron chi connectivity index (χ1n) is 6.63. The van der Waals surface area contributed by atoms with Gasteiger partial charge in [0.15, 0.2) is 0 Å². The van der Waals surface area contributed by atoms with Crippen LogP contribution < -0.4 is 27.3 Å². The number of carbonyl (C=O) groups is 1. The van der Waals surface area contributed by atoms with Crippen molar-refractivity contribution in [1.29, 1.82) is 0 Å². The molecule has 0 aromatic carbocycles. The molecule has 0 aliphatic rings. The number of hydrogen-bond donors (Lipinski definition) is 3. The van der Waals surface area contributed by atoms with Crippen molar-refractivity contribution in [3.8, 4) is 0 Å². The lowest BCUT2D eigenvalue weighted by atomic mass is 9.89. The van der Waals surface area contributed by atoms with E-state index < -0.39 is 5.91 Å². The Morgan fingerprint density at radius 1 is 1.29 bits per heavy atom. The second kappa shape index (κ2) is 5.95. The Morgan fingerprint density at radius 2 is 2.04 bits per heavy atom. The summed E-state index contributed by atoms with van der Waals surface area (Å²) < 4.78 is 1.09. The number of rotatable bonds is 4. The molecular weight excluding hydrogens is 301 g/mol. The van der Waals surface area contributed by atoms with Crippen molar-refractivity contribution in [1.82, 2.24) is 19.7 Å². The highest BCUT2D eigenvalue weighted by atomic mass is 16.1. The topological polar surface area (TPSA) is 111 Å². The van der Waals surface area contributed by atoms with Crippen molar-refractivity contribution in [2.24, 2.45) is 5.73 Å². The highest BCUT2D eigenvalue weighted by Crippen LogP contribution is 2.22. The van der Waals surface area contributed by atoms with Gasteiger partial charge in [-0.25, -0.2) is 9.97 Å². The lowest BCUT2D eigenvalue weighted by Gasteiger charge is -2.15. The van der Waals surface area contributed by atoms with E-state index in [0.29, 0.717) is 22.4 Å². The van der Waals surface area contributed by atoms with E-state index in [9.17, 15) is 4.79 Å². The zero-order chi connectivity index (χ0) is 17.4. The normalized spacial score (nSPS) is 10.7. The van der Waals surface area contributed by atoms with Crippen molar-refractivity contribution in [3.05, 3.63) is 24.0 Å². The van der Waals surface area contributed by atoms with Gasteiger partial charge in [-0.05, 0) is 5.46 Å². The van der Waals surface area contributed by atoms with Crippen LogP contribution in [0, 0.1) is 0 Å². The molecule has 0 aliphatic heterocycles. The summed E-state index contributed by atoms with van der Waals surface area (Å²) in [6, 6.07) is 1.47. The highest BCUT2D eigenvalue weighted by Gasteiger charge is 2.15. The van der Waals surface area contributed by atoms with E-state index >= 15 is 0 Å². The standard InChI is InChI=1S/C12H7B4N7O/c13-8-9-5(3-19-23(9)16)10(14)21-12(8)20-6-1-7(22-15)18-2-4(6)11(17)24/h1-3H,(H2,17,24)(H2,18,20,21,22). The summed E-state index contributed by atoms with van der Waals surface area (Å²) in [6.07, 6.45) is 2.72. The Hall–Kier alpha value is -2.90. The lowest BCUT2D eigenvalue weighted by molar-refractivity contribution is 0.100. The molecule has 0 saturated carbocycles. The first kappa shape index (κ1) is 16.0. The number of aromatic nitrogens is 4. The van der Waals surface area contributed by atoms with Crippen LogP contribution in [0.5, 0.6) is 0 Å². The maximum absolute atomic E-state index is 11.6. The molecule has 108 valence electrons. The third kappa shape index (κ3) is 2.60. The predicted molar refractivity (Wildman–Crippen MR) is 94.9 cm³/mol. The van der Waals surface area contributed by atoms with Crippen molar-refractivity contribution < 1.29 is 4.79 Å². The van der Waals surface area contributed by atoms with E-state index in [1.54, 1.807) is 0 Å². The molecule has 8 nitrogen and oxygen atoms in total. The third-order valence-electron chi connectivity index (χ3n) is 3.38. The van der Waals surface area contributed by atoms with Gasteiger partial charge >= 0.3 is 0 Å². The molecule has 24 heavy (non-hydrogen) atoms. The van der Waals surface area contributed by atoms with Crippen LogP contribution in [-0.2, 0) is 0 Å². The molecule has 0 bridgehead atoms. The summed E-state index contributed by atoms with van der Waals surface area (Å²) in [7, 11) is 23.0. The van der Waals surface area contributed by atoms with E-state index in [2.05, 4.69) is 25.6 Å². The van der Waals surface area contributed by atoms with E-state index in [1.807, 2.05) is 0 Å². The number of carbonyl (C=O) groups excluding carboxylic acids is 1. The fraction of sp³-hybridized carbons (Fsp3) is 0. The highest BCUT2D eigenvalue weighted by molar-refractivity contribution is 6.46. The summed E-state index contributed by atoms with van der Waals surface area (Å²) in [5, 5.41) is 9.67. The second-order valence-corrected chi connectivity index (χ2v) is 4.86. The summed E-state index contributed by atoms with van der Waals surface area (Å²) in [5.41, 5.74) is 6.54. The maximum atomic E-state index is 11.6. The molecular formula is C12H7B4N7O. The largest absolute Gasteiger partial charge is 0.423 e. The number of hydrogen-bond acceptors (Lipinski definition) is 6. The van der Waals surface area contributed by atoms with Crippen molar-refractivity contribution in [2.45, 2.75) is 0 Å². The first-order chi connectivity index (χ1) is 11.4. The molecule has 0 fully saturated rings. The molecule has 1 amide bonds. The van der Waals surface area contributed by atoms with Crippen molar-refractivity contribution in [3.63, 3.8) is 0 Å². The molecule has 12 heteroatoms. The van der Waals surface area contributed by atoms with Crippen LogP contribution in [0.3, 0.4) is 0 Å². The summed E-state index contributed by atoms with van der Waals surface area (Å²) in [5.74, 6) is -0.201. The van der Waals surface area contributed by atoms with Crippen LogP contribution in [0.4, 0.5) is 17.3 Å². The maximum Gasteiger partial charge on any atom is 0.265 e. The number of anilines is 3. The van der Waals surface area contributed by atoms with Gasteiger partial charge in [0.05, 0.1) is 17.4 Å². The third-order valence-corrected chi connectivity index (χ3v) is 3.38. The number of nitrogens with one attached hydrogen (secondary N) is 2. The van der Waals surface area contributed by atoms with E-state index in [-0.39, 0.29) is 22.4 Å². The van der Waals surface area contributed by atoms with Gasteiger partial charge in [0.2, 0.25) is 7.98 Å². The molecule has 3 heterocycles. The number of nitrogens with two attached hydrogens (primary N) is 1. The minimum atomic E-state index is -0.690. The monoisotopic (exact) mass is 309 g/mol. The molecule has 0 spiro atoms. The molecule has 8 radical (unpaired) electrons. The van der Waals surface area contributed by atoms with Crippen LogP contribution in [-0.4, -0.2) is 57.2 Å². The fourth-order valence-corrected chi connectivity index (χ4v) is 2.23. The average Bonchev–Trinajstić information content (AvgIpc) is 2.94. The Bertz CT molecular complexity index is 958.